The van der Waals surface area contributed by atoms with Crippen molar-refractivity contribution >= 4 is 21.7 Å². The van der Waals surface area contributed by atoms with Crippen molar-refractivity contribution in [2.75, 3.05) is 27.0 Å². The number of nitrogens with zero attached hydrogens (tertiary/aromatic N) is 1. The standard InChI is InChI=1S/C13H17NO6S/c1-14(2)12(15)6-7-21(18,19)9-4-5-11(20-3)10(8-9)13(16)17/h4-5,8H,6-7H2,1-3H3,(H,16,17). The smallest absolute Gasteiger partial charge is 0.339 e. The van der Waals surface area contributed by atoms with Gasteiger partial charge < -0.3 is 14.7 Å². The second kappa shape index (κ2) is 6.57. The van der Waals surface area contributed by atoms with Crippen molar-refractivity contribution in [1.29, 1.82) is 0 Å². The zero-order chi connectivity index (χ0) is 16.2. The number of amides is 1. The summed E-state index contributed by atoms with van der Waals surface area (Å²) in [7, 11) is 0.626. The van der Waals surface area contributed by atoms with Crippen LogP contribution in [0, 0.1) is 0 Å². The summed E-state index contributed by atoms with van der Waals surface area (Å²) < 4.78 is 29.1. The van der Waals surface area contributed by atoms with Crippen molar-refractivity contribution in [2.45, 2.75) is 11.3 Å². The number of benzene rings is 1. The molecule has 0 aliphatic carbocycles. The fourth-order valence-corrected chi connectivity index (χ4v) is 2.86. The van der Waals surface area contributed by atoms with Crippen LogP contribution in [0.4, 0.5) is 0 Å². The van der Waals surface area contributed by atoms with Crippen LogP contribution in [0.3, 0.4) is 0 Å². The summed E-state index contributed by atoms with van der Waals surface area (Å²) in [6, 6.07) is 3.58. The third-order valence-electron chi connectivity index (χ3n) is 2.84. The van der Waals surface area contributed by atoms with Gasteiger partial charge in [0.1, 0.15) is 11.3 Å². The van der Waals surface area contributed by atoms with Gasteiger partial charge in [0, 0.05) is 20.5 Å². The highest BCUT2D eigenvalue weighted by atomic mass is 32.2. The molecule has 0 aliphatic rings. The predicted molar refractivity (Wildman–Crippen MR) is 75.3 cm³/mol. The number of rotatable bonds is 6. The van der Waals surface area contributed by atoms with E-state index in [1.807, 2.05) is 0 Å². The minimum atomic E-state index is -3.74. The largest absolute Gasteiger partial charge is 0.496 e. The molecule has 0 aliphatic heterocycles. The van der Waals surface area contributed by atoms with Gasteiger partial charge in [0.2, 0.25) is 5.91 Å². The molecule has 0 bridgehead atoms. The quantitative estimate of drug-likeness (QED) is 0.827. The first-order chi connectivity index (χ1) is 9.69. The van der Waals surface area contributed by atoms with E-state index in [4.69, 9.17) is 9.84 Å². The van der Waals surface area contributed by atoms with Crippen molar-refractivity contribution < 1.29 is 27.9 Å². The Morgan fingerprint density at radius 2 is 1.90 bits per heavy atom. The normalized spacial score (nSPS) is 11.0. The monoisotopic (exact) mass is 315 g/mol. The average molecular weight is 315 g/mol. The maximum absolute atomic E-state index is 12.1. The van der Waals surface area contributed by atoms with Crippen LogP contribution >= 0.6 is 0 Å². The molecule has 1 rings (SSSR count). The molecular weight excluding hydrogens is 298 g/mol. The molecule has 21 heavy (non-hydrogen) atoms. The van der Waals surface area contributed by atoms with Crippen LogP contribution in [0.15, 0.2) is 23.1 Å². The molecule has 7 nitrogen and oxygen atoms in total. The van der Waals surface area contributed by atoms with Crippen LogP contribution in [-0.4, -0.2) is 57.3 Å². The third-order valence-corrected chi connectivity index (χ3v) is 4.56. The number of carboxylic acids is 1. The van der Waals surface area contributed by atoms with Crippen LogP contribution < -0.4 is 4.74 Å². The summed E-state index contributed by atoms with van der Waals surface area (Å²) >= 11 is 0. The molecule has 8 heteroatoms. The topological polar surface area (TPSA) is 101 Å². The summed E-state index contributed by atoms with van der Waals surface area (Å²) in [5, 5.41) is 9.04. The lowest BCUT2D eigenvalue weighted by Gasteiger charge is -2.11. The van der Waals surface area contributed by atoms with Crippen molar-refractivity contribution in [2.24, 2.45) is 0 Å². The Bertz CT molecular complexity index is 651. The lowest BCUT2D eigenvalue weighted by Crippen LogP contribution is -2.24. The average Bonchev–Trinajstić information content (AvgIpc) is 2.43. The molecule has 0 heterocycles. The molecule has 1 aromatic rings. The van der Waals surface area contributed by atoms with E-state index < -0.39 is 15.8 Å². The molecule has 1 amide bonds. The molecule has 0 unspecified atom stereocenters. The first-order valence-corrected chi connectivity index (χ1v) is 7.68. The fourth-order valence-electron chi connectivity index (χ4n) is 1.61. The number of sulfone groups is 1. The van der Waals surface area contributed by atoms with Crippen LogP contribution in [0.1, 0.15) is 16.8 Å². The molecule has 0 fully saturated rings. The lowest BCUT2D eigenvalue weighted by molar-refractivity contribution is -0.128. The van der Waals surface area contributed by atoms with Gasteiger partial charge in [-0.2, -0.15) is 0 Å². The Balaban J connectivity index is 3.06. The second-order valence-corrected chi connectivity index (χ2v) is 6.63. The molecule has 0 radical (unpaired) electrons. The summed E-state index contributed by atoms with van der Waals surface area (Å²) in [4.78, 5) is 23.7. The number of ether oxygens (including phenoxy) is 1. The fraction of sp³-hybridized carbons (Fsp3) is 0.385. The molecule has 116 valence electrons. The van der Waals surface area contributed by atoms with E-state index in [-0.39, 0.29) is 34.3 Å². The number of carboxylic acid groups (broad SMARTS) is 1. The van der Waals surface area contributed by atoms with Crippen LogP contribution in [0.5, 0.6) is 5.75 Å². The highest BCUT2D eigenvalue weighted by Gasteiger charge is 2.21. The number of carbonyl (C=O) groups is 2. The van der Waals surface area contributed by atoms with E-state index >= 15 is 0 Å². The number of aromatic carboxylic acids is 1. The molecule has 0 saturated heterocycles. The first-order valence-electron chi connectivity index (χ1n) is 6.03. The van der Waals surface area contributed by atoms with Gasteiger partial charge in [0.15, 0.2) is 9.84 Å². The number of carbonyl (C=O) groups excluding carboxylic acids is 1. The third kappa shape index (κ3) is 4.19. The van der Waals surface area contributed by atoms with Crippen LogP contribution in [-0.2, 0) is 14.6 Å². The van der Waals surface area contributed by atoms with Crippen LogP contribution in [0.2, 0.25) is 0 Å². The van der Waals surface area contributed by atoms with Gasteiger partial charge in [-0.05, 0) is 18.2 Å². The molecule has 0 atom stereocenters. The molecule has 0 spiro atoms. The Morgan fingerprint density at radius 3 is 2.38 bits per heavy atom. The zero-order valence-electron chi connectivity index (χ0n) is 12.0. The van der Waals surface area contributed by atoms with E-state index in [1.54, 1.807) is 0 Å². The summed E-state index contributed by atoms with van der Waals surface area (Å²) in [5.41, 5.74) is -0.238. The van der Waals surface area contributed by atoms with Gasteiger partial charge in [-0.1, -0.05) is 0 Å². The summed E-state index contributed by atoms with van der Waals surface area (Å²) in [5.74, 6) is -1.90. The van der Waals surface area contributed by atoms with Crippen LogP contribution in [0.25, 0.3) is 0 Å². The van der Waals surface area contributed by atoms with Gasteiger partial charge in [-0.25, -0.2) is 13.2 Å². The van der Waals surface area contributed by atoms with Gasteiger partial charge in [0.25, 0.3) is 0 Å². The SMILES string of the molecule is COc1ccc(S(=O)(=O)CCC(=O)N(C)C)cc1C(=O)O. The van der Waals surface area contributed by atoms with Gasteiger partial charge in [0.05, 0.1) is 17.8 Å². The molecule has 1 aromatic carbocycles. The minimum Gasteiger partial charge on any atom is -0.496 e. The predicted octanol–water partition coefficient (Wildman–Crippen LogP) is 0.645. The Labute approximate surface area is 123 Å². The van der Waals surface area contributed by atoms with Gasteiger partial charge in [-0.15, -0.1) is 0 Å². The molecular formula is C13H17NO6S. The Morgan fingerprint density at radius 1 is 1.29 bits per heavy atom. The lowest BCUT2D eigenvalue weighted by atomic mass is 10.2. The van der Waals surface area contributed by atoms with E-state index in [0.717, 1.165) is 6.07 Å². The van der Waals surface area contributed by atoms with E-state index in [2.05, 4.69) is 0 Å². The van der Waals surface area contributed by atoms with Gasteiger partial charge >= 0.3 is 5.97 Å². The Kier molecular flexibility index (Phi) is 5.31. The van der Waals surface area contributed by atoms with E-state index in [0.29, 0.717) is 0 Å². The maximum Gasteiger partial charge on any atom is 0.339 e. The van der Waals surface area contributed by atoms with Crippen molar-refractivity contribution in [3.63, 3.8) is 0 Å². The second-order valence-electron chi connectivity index (χ2n) is 4.52. The van der Waals surface area contributed by atoms with E-state index in [1.165, 1.54) is 38.2 Å². The molecule has 0 aromatic heterocycles. The van der Waals surface area contributed by atoms with Crippen molar-refractivity contribution in [3.05, 3.63) is 23.8 Å². The summed E-state index contributed by atoms with van der Waals surface area (Å²) in [6.07, 6.45) is -0.163. The maximum atomic E-state index is 12.1. The Hall–Kier alpha value is -2.09. The molecule has 0 saturated carbocycles. The highest BCUT2D eigenvalue weighted by Crippen LogP contribution is 2.23. The van der Waals surface area contributed by atoms with Crippen molar-refractivity contribution in [1.82, 2.24) is 4.90 Å². The highest BCUT2D eigenvalue weighted by molar-refractivity contribution is 7.91. The number of methoxy groups -OCH3 is 1. The summed E-state index contributed by atoms with van der Waals surface area (Å²) in [6.45, 7) is 0. The van der Waals surface area contributed by atoms with Crippen molar-refractivity contribution in [3.8, 4) is 5.75 Å². The minimum absolute atomic E-state index is 0.0748. The zero-order valence-corrected chi connectivity index (χ0v) is 12.8. The van der Waals surface area contributed by atoms with Gasteiger partial charge in [-0.3, -0.25) is 4.79 Å². The number of hydrogen-bond acceptors (Lipinski definition) is 5. The van der Waals surface area contributed by atoms with E-state index in [9.17, 15) is 18.0 Å². The first kappa shape index (κ1) is 17.0. The number of hydrogen-bond donors (Lipinski definition) is 1. The molecule has 1 N–H and O–H groups in total.